The van der Waals surface area contributed by atoms with E-state index in [0.29, 0.717) is 18.9 Å². The lowest BCUT2D eigenvalue weighted by Crippen LogP contribution is -2.23. The topological polar surface area (TPSA) is 95.1 Å². The highest BCUT2D eigenvalue weighted by atomic mass is 79.9. The number of rotatable bonds is 6. The molecule has 0 spiro atoms. The molecule has 3 rings (SSSR count). The highest BCUT2D eigenvalue weighted by Gasteiger charge is 2.15. The zero-order valence-corrected chi connectivity index (χ0v) is 14.4. The van der Waals surface area contributed by atoms with E-state index in [-0.39, 0.29) is 5.89 Å². The van der Waals surface area contributed by atoms with Crippen LogP contribution in [0.2, 0.25) is 0 Å². The first kappa shape index (κ1) is 16.2. The van der Waals surface area contributed by atoms with Crippen molar-refractivity contribution in [2.75, 3.05) is 7.11 Å². The minimum absolute atomic E-state index is 0.0790. The third-order valence-electron chi connectivity index (χ3n) is 3.18. The molecule has 0 unspecified atom stereocenters. The van der Waals surface area contributed by atoms with Crippen LogP contribution in [0.1, 0.15) is 22.1 Å². The summed E-state index contributed by atoms with van der Waals surface area (Å²) in [5.74, 6) is 0.632. The zero-order chi connectivity index (χ0) is 16.9. The number of hydrogen-bond donors (Lipinski definition) is 1. The zero-order valence-electron chi connectivity index (χ0n) is 12.8. The number of benzene rings is 1. The summed E-state index contributed by atoms with van der Waals surface area (Å²) in [6.45, 7) is 0.674. The van der Waals surface area contributed by atoms with Gasteiger partial charge >= 0.3 is 11.8 Å². The fourth-order valence-corrected chi connectivity index (χ4v) is 2.31. The number of hydrogen-bond acceptors (Lipinski definition) is 6. The molecule has 2 heterocycles. The van der Waals surface area contributed by atoms with Crippen molar-refractivity contribution in [1.29, 1.82) is 0 Å². The second-order valence-corrected chi connectivity index (χ2v) is 5.82. The average Bonchev–Trinajstić information content (AvgIpc) is 3.22. The fourth-order valence-electron chi connectivity index (χ4n) is 1.98. The highest BCUT2D eigenvalue weighted by molar-refractivity contribution is 9.10. The van der Waals surface area contributed by atoms with Gasteiger partial charge < -0.3 is 14.6 Å². The van der Waals surface area contributed by atoms with E-state index in [1.165, 1.54) is 0 Å². The molecule has 1 amide bonds. The normalized spacial score (nSPS) is 10.6. The Kier molecular flexibility index (Phi) is 4.90. The molecule has 0 fully saturated rings. The minimum Gasteiger partial charge on any atom is -0.497 e. The second kappa shape index (κ2) is 7.26. The standard InChI is InChI=1S/C15H14BrN5O3/c1-23-12-4-2-10(3-5-12)6-17-14(22)15-19-13(20-24-15)9-21-8-11(16)7-18-21/h2-5,7-8H,6,9H2,1H3,(H,17,22). The smallest absolute Gasteiger partial charge is 0.316 e. The first-order valence-electron chi connectivity index (χ1n) is 7.06. The van der Waals surface area contributed by atoms with Gasteiger partial charge in [-0.2, -0.15) is 10.1 Å². The number of nitrogens with one attached hydrogen (secondary N) is 1. The summed E-state index contributed by atoms with van der Waals surface area (Å²) in [6, 6.07) is 7.39. The molecular weight excluding hydrogens is 378 g/mol. The Morgan fingerprint density at radius 2 is 2.17 bits per heavy atom. The van der Waals surface area contributed by atoms with E-state index >= 15 is 0 Å². The molecule has 0 bridgehead atoms. The van der Waals surface area contributed by atoms with Crippen LogP contribution < -0.4 is 10.1 Å². The SMILES string of the molecule is COc1ccc(CNC(=O)c2nc(Cn3cc(Br)cn3)no2)cc1. The van der Waals surface area contributed by atoms with Crippen molar-refractivity contribution in [3.05, 3.63) is 58.4 Å². The number of halogens is 1. The third-order valence-corrected chi connectivity index (χ3v) is 3.59. The Balaban J connectivity index is 1.56. The van der Waals surface area contributed by atoms with Crippen LogP contribution >= 0.6 is 15.9 Å². The van der Waals surface area contributed by atoms with Gasteiger partial charge in [-0.25, -0.2) is 0 Å². The Morgan fingerprint density at radius 1 is 1.38 bits per heavy atom. The predicted molar refractivity (Wildman–Crippen MR) is 87.5 cm³/mol. The molecule has 0 aliphatic heterocycles. The summed E-state index contributed by atoms with van der Waals surface area (Å²) in [5, 5.41) is 10.6. The molecule has 1 aromatic carbocycles. The van der Waals surface area contributed by atoms with Crippen LogP contribution in [0.5, 0.6) is 5.75 Å². The van der Waals surface area contributed by atoms with E-state index in [2.05, 4.69) is 36.5 Å². The maximum atomic E-state index is 12.0. The summed E-state index contributed by atoms with van der Waals surface area (Å²) in [5.41, 5.74) is 0.935. The monoisotopic (exact) mass is 391 g/mol. The van der Waals surface area contributed by atoms with Crippen molar-refractivity contribution in [2.24, 2.45) is 0 Å². The molecule has 0 radical (unpaired) electrons. The van der Waals surface area contributed by atoms with Gasteiger partial charge in [-0.1, -0.05) is 17.3 Å². The van der Waals surface area contributed by atoms with Gasteiger partial charge in [0.15, 0.2) is 5.82 Å². The lowest BCUT2D eigenvalue weighted by atomic mass is 10.2. The van der Waals surface area contributed by atoms with Gasteiger partial charge in [0.1, 0.15) is 12.3 Å². The van der Waals surface area contributed by atoms with Crippen LogP contribution in [-0.4, -0.2) is 32.9 Å². The molecule has 2 aromatic heterocycles. The summed E-state index contributed by atoms with van der Waals surface area (Å²) in [4.78, 5) is 16.1. The van der Waals surface area contributed by atoms with Crippen molar-refractivity contribution in [3.63, 3.8) is 0 Å². The van der Waals surface area contributed by atoms with E-state index in [9.17, 15) is 4.79 Å². The van der Waals surface area contributed by atoms with Crippen LogP contribution in [-0.2, 0) is 13.1 Å². The number of carbonyl (C=O) groups is 1. The number of nitrogens with zero attached hydrogens (tertiary/aromatic N) is 4. The van der Waals surface area contributed by atoms with E-state index < -0.39 is 5.91 Å². The van der Waals surface area contributed by atoms with Gasteiger partial charge in [0.2, 0.25) is 0 Å². The Morgan fingerprint density at radius 3 is 2.83 bits per heavy atom. The van der Waals surface area contributed by atoms with Crippen molar-refractivity contribution in [1.82, 2.24) is 25.2 Å². The van der Waals surface area contributed by atoms with Gasteiger partial charge in [0, 0.05) is 12.7 Å². The average molecular weight is 392 g/mol. The molecule has 8 nitrogen and oxygen atoms in total. The molecule has 1 N–H and O–H groups in total. The molecule has 124 valence electrons. The number of aromatic nitrogens is 4. The molecular formula is C15H14BrN5O3. The van der Waals surface area contributed by atoms with E-state index in [1.807, 2.05) is 24.3 Å². The Hall–Kier alpha value is -2.68. The Bertz CT molecular complexity index is 828. The maximum absolute atomic E-state index is 12.0. The van der Waals surface area contributed by atoms with Gasteiger partial charge in [-0.05, 0) is 33.6 Å². The van der Waals surface area contributed by atoms with Crippen molar-refractivity contribution in [3.8, 4) is 5.75 Å². The molecule has 9 heteroatoms. The quantitative estimate of drug-likeness (QED) is 0.690. The third kappa shape index (κ3) is 3.99. The molecule has 0 aliphatic rings. The van der Waals surface area contributed by atoms with Gasteiger partial charge in [0.25, 0.3) is 0 Å². The van der Waals surface area contributed by atoms with Gasteiger partial charge in [0.05, 0.1) is 17.8 Å². The summed E-state index contributed by atoms with van der Waals surface area (Å²) < 4.78 is 12.6. The maximum Gasteiger partial charge on any atom is 0.316 e. The Labute approximate surface area is 145 Å². The fraction of sp³-hybridized carbons (Fsp3) is 0.200. The lowest BCUT2D eigenvalue weighted by Gasteiger charge is -2.04. The molecule has 0 saturated heterocycles. The van der Waals surface area contributed by atoms with Crippen molar-refractivity contribution in [2.45, 2.75) is 13.1 Å². The first-order chi connectivity index (χ1) is 11.6. The highest BCUT2D eigenvalue weighted by Crippen LogP contribution is 2.11. The van der Waals surface area contributed by atoms with Crippen LogP contribution in [0, 0.1) is 0 Å². The predicted octanol–water partition coefficient (Wildman–Crippen LogP) is 2.02. The van der Waals surface area contributed by atoms with Crippen LogP contribution in [0.15, 0.2) is 45.7 Å². The summed E-state index contributed by atoms with van der Waals surface area (Å²) >= 11 is 3.31. The number of methoxy groups -OCH3 is 1. The first-order valence-corrected chi connectivity index (χ1v) is 7.85. The van der Waals surface area contributed by atoms with E-state index in [1.54, 1.807) is 24.2 Å². The van der Waals surface area contributed by atoms with E-state index in [4.69, 9.17) is 9.26 Å². The van der Waals surface area contributed by atoms with Crippen LogP contribution in [0.3, 0.4) is 0 Å². The number of ether oxygens (including phenoxy) is 1. The van der Waals surface area contributed by atoms with Crippen molar-refractivity contribution >= 4 is 21.8 Å². The number of amides is 1. The van der Waals surface area contributed by atoms with Gasteiger partial charge in [-0.15, -0.1) is 0 Å². The van der Waals surface area contributed by atoms with Crippen LogP contribution in [0.4, 0.5) is 0 Å². The van der Waals surface area contributed by atoms with E-state index in [0.717, 1.165) is 15.8 Å². The molecule has 24 heavy (non-hydrogen) atoms. The largest absolute Gasteiger partial charge is 0.497 e. The summed E-state index contributed by atoms with van der Waals surface area (Å²) in [6.07, 6.45) is 3.43. The van der Waals surface area contributed by atoms with Crippen molar-refractivity contribution < 1.29 is 14.1 Å². The molecule has 0 atom stereocenters. The lowest BCUT2D eigenvalue weighted by molar-refractivity contribution is 0.0907. The minimum atomic E-state index is -0.425. The second-order valence-electron chi connectivity index (χ2n) is 4.90. The number of carbonyl (C=O) groups excluding carboxylic acids is 1. The van der Waals surface area contributed by atoms with Crippen LogP contribution in [0.25, 0.3) is 0 Å². The van der Waals surface area contributed by atoms with Gasteiger partial charge in [-0.3, -0.25) is 9.48 Å². The molecule has 3 aromatic rings. The molecule has 0 aliphatic carbocycles. The molecule has 0 saturated carbocycles. The summed E-state index contributed by atoms with van der Waals surface area (Å²) in [7, 11) is 1.60.